The Hall–Kier alpha value is -0.870. The first kappa shape index (κ1) is 13.2. The van der Waals surface area contributed by atoms with E-state index in [1.54, 1.807) is 0 Å². The quantitative estimate of drug-likeness (QED) is 0.742. The zero-order valence-corrected chi connectivity index (χ0v) is 10.9. The smallest absolute Gasteiger partial charge is 0.0522 e. The Balaban J connectivity index is 2.22. The highest BCUT2D eigenvalue weighted by molar-refractivity contribution is 5.03. The summed E-state index contributed by atoms with van der Waals surface area (Å²) in [7, 11) is 6.15. The Kier molecular flexibility index (Phi) is 5.49. The molecule has 0 amide bonds. The number of aryl methyl sites for hydroxylation is 1. The highest BCUT2D eigenvalue weighted by Crippen LogP contribution is 2.01. The summed E-state index contributed by atoms with van der Waals surface area (Å²) in [6, 6.07) is 0. The molecule has 0 aromatic carbocycles. The number of nitrogens with one attached hydrogen (secondary N) is 1. The molecule has 1 rings (SSSR count). The molecule has 1 unspecified atom stereocenters. The summed E-state index contributed by atoms with van der Waals surface area (Å²) >= 11 is 0. The molecule has 0 spiro atoms. The van der Waals surface area contributed by atoms with Gasteiger partial charge in [0.15, 0.2) is 0 Å². The van der Waals surface area contributed by atoms with Crippen LogP contribution in [0.25, 0.3) is 0 Å². The third kappa shape index (κ3) is 4.77. The van der Waals surface area contributed by atoms with E-state index < -0.39 is 0 Å². The monoisotopic (exact) mass is 224 g/mol. The van der Waals surface area contributed by atoms with Crippen LogP contribution in [0.15, 0.2) is 12.4 Å². The van der Waals surface area contributed by atoms with Crippen molar-refractivity contribution in [3.63, 3.8) is 0 Å². The van der Waals surface area contributed by atoms with Gasteiger partial charge in [0, 0.05) is 26.3 Å². The van der Waals surface area contributed by atoms with Crippen molar-refractivity contribution in [2.45, 2.75) is 13.3 Å². The Labute approximate surface area is 98.6 Å². The zero-order chi connectivity index (χ0) is 12.0. The lowest BCUT2D eigenvalue weighted by molar-refractivity contribution is 0.286. The molecule has 0 aliphatic rings. The van der Waals surface area contributed by atoms with Gasteiger partial charge < -0.3 is 10.2 Å². The normalized spacial score (nSPS) is 13.3. The summed E-state index contributed by atoms with van der Waals surface area (Å²) in [5.74, 6) is 0.698. The van der Waals surface area contributed by atoms with Crippen LogP contribution in [0.4, 0.5) is 0 Å². The Morgan fingerprint density at radius 3 is 2.88 bits per heavy atom. The maximum atomic E-state index is 4.17. The van der Waals surface area contributed by atoms with Crippen molar-refractivity contribution < 1.29 is 0 Å². The summed E-state index contributed by atoms with van der Waals surface area (Å²) in [5.41, 5.74) is 1.32. The van der Waals surface area contributed by atoms with Crippen molar-refractivity contribution in [1.29, 1.82) is 0 Å². The van der Waals surface area contributed by atoms with Crippen LogP contribution in [0, 0.1) is 5.92 Å². The second kappa shape index (κ2) is 6.66. The molecule has 1 atom stereocenters. The molecule has 0 radical (unpaired) electrons. The van der Waals surface area contributed by atoms with Crippen molar-refractivity contribution in [3.8, 4) is 0 Å². The lowest BCUT2D eigenvalue weighted by Crippen LogP contribution is -2.31. The van der Waals surface area contributed by atoms with Crippen LogP contribution in [0.3, 0.4) is 0 Å². The standard InChI is InChI=1S/C12H24N4/c1-11(7-13-2)9-15(3)6-5-12-8-14-16(4)10-12/h8,10-11,13H,5-7,9H2,1-4H3. The van der Waals surface area contributed by atoms with Gasteiger partial charge in [-0.15, -0.1) is 0 Å². The Morgan fingerprint density at radius 1 is 1.56 bits per heavy atom. The average molecular weight is 224 g/mol. The number of likely N-dealkylation sites (N-methyl/N-ethyl adjacent to an activating group) is 1. The molecule has 4 nitrogen and oxygen atoms in total. The lowest BCUT2D eigenvalue weighted by atomic mass is 10.1. The van der Waals surface area contributed by atoms with E-state index in [-0.39, 0.29) is 0 Å². The molecule has 4 heteroatoms. The minimum atomic E-state index is 0.698. The van der Waals surface area contributed by atoms with E-state index >= 15 is 0 Å². The third-order valence-corrected chi connectivity index (χ3v) is 2.72. The first-order valence-corrected chi connectivity index (χ1v) is 5.92. The maximum absolute atomic E-state index is 4.17. The molecule has 0 saturated heterocycles. The van der Waals surface area contributed by atoms with Gasteiger partial charge >= 0.3 is 0 Å². The molecule has 0 bridgehead atoms. The lowest BCUT2D eigenvalue weighted by Gasteiger charge is -2.20. The average Bonchev–Trinajstić information content (AvgIpc) is 2.61. The predicted octanol–water partition coefficient (Wildman–Crippen LogP) is 0.750. The summed E-state index contributed by atoms with van der Waals surface area (Å²) in [6.07, 6.45) is 5.12. The molecule has 92 valence electrons. The Bertz CT molecular complexity index is 295. The molecule has 1 aromatic heterocycles. The molecule has 1 heterocycles. The second-order valence-electron chi connectivity index (χ2n) is 4.70. The molecule has 16 heavy (non-hydrogen) atoms. The topological polar surface area (TPSA) is 33.1 Å². The zero-order valence-electron chi connectivity index (χ0n) is 10.9. The van der Waals surface area contributed by atoms with Crippen molar-refractivity contribution in [1.82, 2.24) is 20.0 Å². The first-order chi connectivity index (χ1) is 7.61. The minimum absolute atomic E-state index is 0.698. The summed E-state index contributed by atoms with van der Waals surface area (Å²) in [4.78, 5) is 2.38. The van der Waals surface area contributed by atoms with Crippen molar-refractivity contribution in [2.75, 3.05) is 33.7 Å². The fourth-order valence-corrected chi connectivity index (χ4v) is 1.96. The van der Waals surface area contributed by atoms with Crippen molar-refractivity contribution >= 4 is 0 Å². The van der Waals surface area contributed by atoms with E-state index in [1.165, 1.54) is 5.56 Å². The SMILES string of the molecule is CNCC(C)CN(C)CCc1cnn(C)c1. The summed E-state index contributed by atoms with van der Waals surface area (Å²) in [5, 5.41) is 7.38. The molecular weight excluding hydrogens is 200 g/mol. The van der Waals surface area contributed by atoms with Crippen LogP contribution < -0.4 is 5.32 Å². The second-order valence-corrected chi connectivity index (χ2v) is 4.70. The highest BCUT2D eigenvalue weighted by Gasteiger charge is 2.06. The van der Waals surface area contributed by atoms with Gasteiger partial charge in [-0.3, -0.25) is 4.68 Å². The number of nitrogens with zero attached hydrogens (tertiary/aromatic N) is 3. The molecule has 0 aliphatic heterocycles. The van der Waals surface area contributed by atoms with Crippen LogP contribution in [-0.4, -0.2) is 48.4 Å². The van der Waals surface area contributed by atoms with Crippen molar-refractivity contribution in [3.05, 3.63) is 18.0 Å². The van der Waals surface area contributed by atoms with Gasteiger partial charge in [0.05, 0.1) is 6.20 Å². The van der Waals surface area contributed by atoms with Crippen LogP contribution in [0.1, 0.15) is 12.5 Å². The van der Waals surface area contributed by atoms with E-state index in [4.69, 9.17) is 0 Å². The molecule has 0 aliphatic carbocycles. The largest absolute Gasteiger partial charge is 0.319 e. The minimum Gasteiger partial charge on any atom is -0.319 e. The molecular formula is C12H24N4. The van der Waals surface area contributed by atoms with E-state index in [0.29, 0.717) is 5.92 Å². The van der Waals surface area contributed by atoms with E-state index in [9.17, 15) is 0 Å². The first-order valence-electron chi connectivity index (χ1n) is 5.92. The highest BCUT2D eigenvalue weighted by atomic mass is 15.2. The van der Waals surface area contributed by atoms with Gasteiger partial charge in [0.2, 0.25) is 0 Å². The van der Waals surface area contributed by atoms with Crippen LogP contribution in [0.5, 0.6) is 0 Å². The van der Waals surface area contributed by atoms with E-state index in [2.05, 4.69) is 35.5 Å². The number of hydrogen-bond donors (Lipinski definition) is 1. The van der Waals surface area contributed by atoms with E-state index in [0.717, 1.165) is 26.1 Å². The molecule has 0 saturated carbocycles. The van der Waals surface area contributed by atoms with Crippen molar-refractivity contribution in [2.24, 2.45) is 13.0 Å². The van der Waals surface area contributed by atoms with Gasteiger partial charge in [-0.05, 0) is 38.5 Å². The maximum Gasteiger partial charge on any atom is 0.0522 e. The summed E-state index contributed by atoms with van der Waals surface area (Å²) in [6.45, 7) is 5.59. The van der Waals surface area contributed by atoms with Crippen LogP contribution in [-0.2, 0) is 13.5 Å². The molecule has 1 aromatic rings. The molecule has 0 fully saturated rings. The van der Waals surface area contributed by atoms with Gasteiger partial charge in [-0.2, -0.15) is 5.10 Å². The third-order valence-electron chi connectivity index (χ3n) is 2.72. The Morgan fingerprint density at radius 2 is 2.31 bits per heavy atom. The van der Waals surface area contributed by atoms with Crippen LogP contribution >= 0.6 is 0 Å². The fourth-order valence-electron chi connectivity index (χ4n) is 1.96. The number of hydrogen-bond acceptors (Lipinski definition) is 3. The predicted molar refractivity (Wildman–Crippen MR) is 67.5 cm³/mol. The van der Waals surface area contributed by atoms with Gasteiger partial charge in [0.1, 0.15) is 0 Å². The number of rotatable bonds is 7. The summed E-state index contributed by atoms with van der Waals surface area (Å²) < 4.78 is 1.86. The van der Waals surface area contributed by atoms with Gasteiger partial charge in [0.25, 0.3) is 0 Å². The fraction of sp³-hybridized carbons (Fsp3) is 0.750. The molecule has 1 N–H and O–H groups in total. The number of aromatic nitrogens is 2. The van der Waals surface area contributed by atoms with Gasteiger partial charge in [-0.1, -0.05) is 6.92 Å². The van der Waals surface area contributed by atoms with E-state index in [1.807, 2.05) is 25.0 Å². The van der Waals surface area contributed by atoms with Crippen LogP contribution in [0.2, 0.25) is 0 Å². The van der Waals surface area contributed by atoms with Gasteiger partial charge in [-0.25, -0.2) is 0 Å².